The number of anilines is 1. The Kier molecular flexibility index (Phi) is 6.03. The van der Waals surface area contributed by atoms with Gasteiger partial charge in [-0.3, -0.25) is 29.0 Å². The number of nitrogens with zero attached hydrogens (tertiary/aromatic N) is 2. The van der Waals surface area contributed by atoms with Crippen molar-refractivity contribution in [2.45, 2.75) is 28.5 Å². The second kappa shape index (κ2) is 9.06. The molecular weight excluding hydrogens is 575 g/mol. The van der Waals surface area contributed by atoms with Crippen LogP contribution < -0.4 is 9.64 Å². The molecule has 6 atom stereocenters. The van der Waals surface area contributed by atoms with Crippen molar-refractivity contribution in [1.29, 1.82) is 0 Å². The maximum atomic E-state index is 14.0. The van der Waals surface area contributed by atoms with Gasteiger partial charge in [-0.05, 0) is 43.0 Å². The van der Waals surface area contributed by atoms with Gasteiger partial charge in [0.1, 0.15) is 11.5 Å². The Morgan fingerprint density at radius 1 is 1.02 bits per heavy atom. The molecule has 1 saturated carbocycles. The number of hydrogen-bond acceptors (Lipinski definition) is 7. The van der Waals surface area contributed by atoms with Crippen molar-refractivity contribution < 1.29 is 38.9 Å². The molecule has 3 fully saturated rings. The van der Waals surface area contributed by atoms with E-state index in [0.717, 1.165) is 9.80 Å². The number of benzene rings is 2. The largest absolute Gasteiger partial charge is 0.508 e. The maximum absolute atomic E-state index is 14.0. The Labute approximate surface area is 244 Å². The minimum atomic E-state index is -2.03. The van der Waals surface area contributed by atoms with Gasteiger partial charge < -0.3 is 14.9 Å². The molecule has 6 rings (SSSR count). The van der Waals surface area contributed by atoms with E-state index in [4.69, 9.17) is 27.9 Å². The van der Waals surface area contributed by atoms with Crippen LogP contribution >= 0.6 is 23.2 Å². The van der Waals surface area contributed by atoms with Crippen molar-refractivity contribution >= 4 is 58.5 Å². The number of imide groups is 2. The number of ether oxygens (including phenoxy) is 1. The van der Waals surface area contributed by atoms with Crippen molar-refractivity contribution in [2.24, 2.45) is 17.8 Å². The summed E-state index contributed by atoms with van der Waals surface area (Å²) >= 11 is 14.2. The van der Waals surface area contributed by atoms with Gasteiger partial charge >= 0.3 is 5.97 Å². The predicted molar refractivity (Wildman–Crippen MR) is 146 cm³/mol. The number of amides is 4. The van der Waals surface area contributed by atoms with E-state index in [-0.39, 0.29) is 35.4 Å². The summed E-state index contributed by atoms with van der Waals surface area (Å²) < 4.78 is 5.20. The van der Waals surface area contributed by atoms with Crippen LogP contribution in [-0.4, -0.2) is 68.6 Å². The number of rotatable bonds is 4. The van der Waals surface area contributed by atoms with Crippen LogP contribution in [0, 0.1) is 17.8 Å². The summed E-state index contributed by atoms with van der Waals surface area (Å²) in [6.07, 6.45) is 1.68. The van der Waals surface area contributed by atoms with Gasteiger partial charge in [-0.2, -0.15) is 0 Å². The first-order chi connectivity index (χ1) is 19.4. The summed E-state index contributed by atoms with van der Waals surface area (Å²) in [7, 11) is 2.71. The molecule has 2 aromatic carbocycles. The molecule has 2 aliphatic heterocycles. The molecule has 4 amide bonds. The molecule has 2 N–H and O–H groups in total. The number of alkyl halides is 2. The smallest absolute Gasteiger partial charge is 0.335 e. The second-order valence-electron chi connectivity index (χ2n) is 10.8. The number of carboxylic acid groups (broad SMARTS) is 1. The Balaban J connectivity index is 1.51. The first-order valence-corrected chi connectivity index (χ1v) is 13.6. The highest BCUT2D eigenvalue weighted by Gasteiger charge is 2.76. The Hall–Kier alpha value is -3.89. The topological polar surface area (TPSA) is 142 Å². The van der Waals surface area contributed by atoms with Crippen LogP contribution in [0.3, 0.4) is 0 Å². The second-order valence-corrected chi connectivity index (χ2v) is 12.0. The molecule has 10 nitrogen and oxygen atoms in total. The normalized spacial score (nSPS) is 32.4. The molecule has 4 aliphatic rings. The molecular formula is C29H24Cl2N2O8. The summed E-state index contributed by atoms with van der Waals surface area (Å²) in [5, 5.41) is 20.5. The molecule has 6 unspecified atom stereocenters. The fourth-order valence-electron chi connectivity index (χ4n) is 7.02. The number of aromatic hydroxyl groups is 1. The number of aromatic carboxylic acids is 1. The molecule has 0 spiro atoms. The number of likely N-dealkylation sites (tertiary alicyclic amines) is 1. The van der Waals surface area contributed by atoms with Crippen molar-refractivity contribution in [3.63, 3.8) is 0 Å². The Bertz CT molecular complexity index is 1610. The molecule has 212 valence electrons. The number of allylic oxidation sites excluding steroid dienone is 2. The van der Waals surface area contributed by atoms with E-state index in [1.165, 1.54) is 50.6 Å². The minimum absolute atomic E-state index is 0.0887. The first-order valence-electron chi connectivity index (χ1n) is 12.8. The maximum Gasteiger partial charge on any atom is 0.335 e. The fourth-order valence-corrected chi connectivity index (χ4v) is 8.03. The van der Waals surface area contributed by atoms with Crippen LogP contribution in [0.4, 0.5) is 5.69 Å². The van der Waals surface area contributed by atoms with Gasteiger partial charge in [0, 0.05) is 24.6 Å². The van der Waals surface area contributed by atoms with Crippen molar-refractivity contribution in [3.05, 3.63) is 65.2 Å². The number of carbonyl (C=O) groups is 5. The lowest BCUT2D eigenvalue weighted by Gasteiger charge is -2.50. The van der Waals surface area contributed by atoms with Crippen molar-refractivity contribution in [3.8, 4) is 11.5 Å². The van der Waals surface area contributed by atoms with Gasteiger partial charge in [-0.25, -0.2) is 4.79 Å². The zero-order valence-corrected chi connectivity index (χ0v) is 23.3. The Morgan fingerprint density at radius 2 is 1.76 bits per heavy atom. The monoisotopic (exact) mass is 598 g/mol. The number of fused-ring (bicyclic) bond motifs is 4. The van der Waals surface area contributed by atoms with Crippen LogP contribution in [0.15, 0.2) is 54.1 Å². The quantitative estimate of drug-likeness (QED) is 0.310. The Morgan fingerprint density at radius 3 is 2.41 bits per heavy atom. The van der Waals surface area contributed by atoms with E-state index in [9.17, 15) is 34.2 Å². The third-order valence-electron chi connectivity index (χ3n) is 8.91. The van der Waals surface area contributed by atoms with Gasteiger partial charge in [0.15, 0.2) is 9.75 Å². The average Bonchev–Trinajstić information content (AvgIpc) is 3.28. The van der Waals surface area contributed by atoms with E-state index in [1.54, 1.807) is 12.1 Å². The van der Waals surface area contributed by atoms with E-state index in [0.29, 0.717) is 11.3 Å². The lowest BCUT2D eigenvalue weighted by molar-refractivity contribution is -0.138. The molecule has 0 aromatic heterocycles. The van der Waals surface area contributed by atoms with Gasteiger partial charge in [0.2, 0.25) is 11.8 Å². The molecule has 41 heavy (non-hydrogen) atoms. The van der Waals surface area contributed by atoms with E-state index >= 15 is 0 Å². The fraction of sp³-hybridized carbons (Fsp3) is 0.345. The van der Waals surface area contributed by atoms with Crippen LogP contribution in [0.25, 0.3) is 0 Å². The number of halogens is 2. The van der Waals surface area contributed by atoms with Gasteiger partial charge in [-0.15, -0.1) is 23.2 Å². The third kappa shape index (κ3) is 3.47. The number of methoxy groups -OCH3 is 1. The van der Waals surface area contributed by atoms with Crippen LogP contribution in [0.2, 0.25) is 0 Å². The lowest BCUT2D eigenvalue weighted by Crippen LogP contribution is -2.60. The standard InChI is InChI=1S/C29H24Cl2N2O8/c1-32-26(39)28(30)12-19-16(22(29(28,31)27(32)40)17-7-6-15(41-2)11-20(17)34)8-9-18-21(19)24(36)33(23(18)35)14-5-3-4-13(10-14)25(37)38/h3-8,10-11,18-19,21-22,34H,9,12H2,1-2H3,(H,37,38). The highest BCUT2D eigenvalue weighted by Crippen LogP contribution is 2.66. The molecule has 12 heteroatoms. The summed E-state index contributed by atoms with van der Waals surface area (Å²) in [4.78, 5) is 64.1. The van der Waals surface area contributed by atoms with Crippen molar-refractivity contribution in [2.75, 3.05) is 19.1 Å². The number of hydrogen-bond donors (Lipinski definition) is 2. The van der Waals surface area contributed by atoms with Crippen molar-refractivity contribution in [1.82, 2.24) is 4.90 Å². The van der Waals surface area contributed by atoms with Gasteiger partial charge in [0.25, 0.3) is 11.8 Å². The van der Waals surface area contributed by atoms with Crippen LogP contribution in [0.5, 0.6) is 11.5 Å². The minimum Gasteiger partial charge on any atom is -0.508 e. The van der Waals surface area contributed by atoms with Crippen LogP contribution in [-0.2, 0) is 19.2 Å². The van der Waals surface area contributed by atoms with E-state index in [1.807, 2.05) is 0 Å². The zero-order chi connectivity index (χ0) is 29.6. The number of phenolic OH excluding ortho intramolecular Hbond substituents is 1. The molecule has 2 heterocycles. The SMILES string of the molecule is COc1ccc(C2C3=CCC4C(=O)N(c5cccc(C(=O)O)c5)C(=O)C4C3CC3(Cl)C(=O)N(C)C(=O)C23Cl)c(O)c1. The van der Waals surface area contributed by atoms with E-state index < -0.39 is 63.0 Å². The lowest BCUT2D eigenvalue weighted by atomic mass is 9.56. The van der Waals surface area contributed by atoms with Gasteiger partial charge in [-0.1, -0.05) is 23.8 Å². The molecule has 2 saturated heterocycles. The zero-order valence-electron chi connectivity index (χ0n) is 21.8. The molecule has 0 bridgehead atoms. The number of carboxylic acids is 1. The average molecular weight is 599 g/mol. The molecule has 0 radical (unpaired) electrons. The molecule has 2 aromatic rings. The predicted octanol–water partition coefficient (Wildman–Crippen LogP) is 3.29. The summed E-state index contributed by atoms with van der Waals surface area (Å²) in [5.74, 6) is -7.29. The highest BCUT2D eigenvalue weighted by atomic mass is 35.5. The molecule has 2 aliphatic carbocycles. The van der Waals surface area contributed by atoms with Gasteiger partial charge in [0.05, 0.1) is 30.2 Å². The van der Waals surface area contributed by atoms with Crippen LogP contribution in [0.1, 0.15) is 34.7 Å². The number of carbonyl (C=O) groups excluding carboxylic acids is 4. The summed E-state index contributed by atoms with van der Waals surface area (Å²) in [6, 6.07) is 10.0. The summed E-state index contributed by atoms with van der Waals surface area (Å²) in [6.45, 7) is 0. The summed E-state index contributed by atoms with van der Waals surface area (Å²) in [5.41, 5.74) is 0.778. The number of phenols is 1. The van der Waals surface area contributed by atoms with E-state index in [2.05, 4.69) is 0 Å². The highest BCUT2D eigenvalue weighted by molar-refractivity contribution is 6.53. The first kappa shape index (κ1) is 27.3. The third-order valence-corrected chi connectivity index (χ3v) is 10.3.